The Kier molecular flexibility index (Phi) is 6.63. The van der Waals surface area contributed by atoms with Crippen molar-refractivity contribution >= 4 is 5.91 Å². The summed E-state index contributed by atoms with van der Waals surface area (Å²) in [6, 6.07) is 1.89. The van der Waals surface area contributed by atoms with E-state index in [1.165, 1.54) is 6.42 Å². The lowest BCUT2D eigenvalue weighted by Gasteiger charge is -2.32. The maximum absolute atomic E-state index is 12.6. The molecule has 0 aliphatic carbocycles. The molecule has 2 heterocycles. The molecule has 5 nitrogen and oxygen atoms in total. The van der Waals surface area contributed by atoms with Gasteiger partial charge in [-0.05, 0) is 30.7 Å². The van der Waals surface area contributed by atoms with E-state index in [1.807, 2.05) is 11.0 Å². The summed E-state index contributed by atoms with van der Waals surface area (Å²) in [5.41, 5.74) is 1.56. The van der Waals surface area contributed by atoms with Gasteiger partial charge < -0.3 is 9.64 Å². The van der Waals surface area contributed by atoms with Crippen molar-refractivity contribution in [3.63, 3.8) is 0 Å². The fourth-order valence-electron chi connectivity index (χ4n) is 3.01. The molecule has 1 aromatic rings. The quantitative estimate of drug-likeness (QED) is 0.838. The van der Waals surface area contributed by atoms with Gasteiger partial charge in [-0.2, -0.15) is 5.10 Å². The fraction of sp³-hybridized carbons (Fsp3) is 0.778. The summed E-state index contributed by atoms with van der Waals surface area (Å²) in [4.78, 5) is 14.5. The van der Waals surface area contributed by atoms with Crippen molar-refractivity contribution < 1.29 is 9.53 Å². The van der Waals surface area contributed by atoms with Crippen LogP contribution in [0, 0.1) is 11.8 Å². The fourth-order valence-corrected chi connectivity index (χ4v) is 3.01. The summed E-state index contributed by atoms with van der Waals surface area (Å²) in [6.45, 7) is 10.8. The second kappa shape index (κ2) is 8.48. The molecule has 23 heavy (non-hydrogen) atoms. The van der Waals surface area contributed by atoms with Crippen LogP contribution in [0.3, 0.4) is 0 Å². The zero-order valence-corrected chi connectivity index (χ0v) is 15.0. The van der Waals surface area contributed by atoms with Crippen molar-refractivity contribution in [3.8, 4) is 0 Å². The molecule has 1 N–H and O–H groups in total. The predicted molar refractivity (Wildman–Crippen MR) is 91.5 cm³/mol. The van der Waals surface area contributed by atoms with Crippen LogP contribution in [0.4, 0.5) is 0 Å². The number of nitrogens with zero attached hydrogens (tertiary/aromatic N) is 2. The molecule has 1 saturated heterocycles. The molecular weight excluding hydrogens is 290 g/mol. The van der Waals surface area contributed by atoms with E-state index in [1.54, 1.807) is 0 Å². The van der Waals surface area contributed by atoms with Gasteiger partial charge in [0.1, 0.15) is 5.69 Å². The summed E-state index contributed by atoms with van der Waals surface area (Å²) in [5.74, 6) is 1.29. The third-order valence-corrected chi connectivity index (χ3v) is 4.21. The van der Waals surface area contributed by atoms with Crippen LogP contribution < -0.4 is 0 Å². The van der Waals surface area contributed by atoms with E-state index in [2.05, 4.69) is 37.9 Å². The van der Waals surface area contributed by atoms with Crippen LogP contribution in [-0.2, 0) is 11.2 Å². The number of carbonyl (C=O) groups is 1. The highest BCUT2D eigenvalue weighted by Gasteiger charge is 2.26. The van der Waals surface area contributed by atoms with Gasteiger partial charge in [0.2, 0.25) is 0 Å². The number of aromatic amines is 1. The van der Waals surface area contributed by atoms with Crippen molar-refractivity contribution in [1.82, 2.24) is 15.1 Å². The summed E-state index contributed by atoms with van der Waals surface area (Å²) in [7, 11) is 0. The number of hydrogen-bond donors (Lipinski definition) is 1. The first-order valence-electron chi connectivity index (χ1n) is 8.91. The lowest BCUT2D eigenvalue weighted by atomic mass is 10.0. The van der Waals surface area contributed by atoms with Gasteiger partial charge in [-0.25, -0.2) is 0 Å². The van der Waals surface area contributed by atoms with Gasteiger partial charge in [0, 0.05) is 18.8 Å². The van der Waals surface area contributed by atoms with E-state index in [0.717, 1.165) is 30.9 Å². The summed E-state index contributed by atoms with van der Waals surface area (Å²) in [5, 5.41) is 7.18. The lowest BCUT2D eigenvalue weighted by molar-refractivity contribution is -0.0262. The van der Waals surface area contributed by atoms with Gasteiger partial charge in [-0.1, -0.05) is 40.5 Å². The minimum Gasteiger partial charge on any atom is -0.375 e. The average Bonchev–Trinajstić information content (AvgIpc) is 2.94. The standard InChI is InChI=1S/C18H31N3O2/c1-13(2)6-5-7-16-12-21(8-9-23-16)18(22)17-11-15(19-20-17)10-14(3)4/h11,13-14,16H,5-10,12H2,1-4H3,(H,19,20). The third-order valence-electron chi connectivity index (χ3n) is 4.21. The van der Waals surface area contributed by atoms with Crippen LogP contribution >= 0.6 is 0 Å². The molecule has 0 radical (unpaired) electrons. The van der Waals surface area contributed by atoms with Gasteiger partial charge in [0.15, 0.2) is 0 Å². The molecule has 130 valence electrons. The van der Waals surface area contributed by atoms with Crippen molar-refractivity contribution in [2.45, 2.75) is 59.5 Å². The van der Waals surface area contributed by atoms with Gasteiger partial charge in [0.25, 0.3) is 5.91 Å². The summed E-state index contributed by atoms with van der Waals surface area (Å²) < 4.78 is 5.81. The minimum atomic E-state index is 0.0217. The second-order valence-corrected chi connectivity index (χ2v) is 7.45. The summed E-state index contributed by atoms with van der Waals surface area (Å²) in [6.07, 6.45) is 4.49. The summed E-state index contributed by atoms with van der Waals surface area (Å²) >= 11 is 0. The molecule has 1 aliphatic rings. The Labute approximate surface area is 139 Å². The number of nitrogens with one attached hydrogen (secondary N) is 1. The van der Waals surface area contributed by atoms with Crippen LogP contribution in [-0.4, -0.2) is 46.8 Å². The molecule has 0 saturated carbocycles. The third kappa shape index (κ3) is 5.65. The van der Waals surface area contributed by atoms with Gasteiger partial charge in [-0.15, -0.1) is 0 Å². The van der Waals surface area contributed by atoms with Crippen LogP contribution in [0.25, 0.3) is 0 Å². The highest BCUT2D eigenvalue weighted by molar-refractivity contribution is 5.92. The van der Waals surface area contributed by atoms with Gasteiger partial charge >= 0.3 is 0 Å². The first-order chi connectivity index (χ1) is 11.0. The van der Waals surface area contributed by atoms with E-state index >= 15 is 0 Å². The zero-order chi connectivity index (χ0) is 16.8. The molecule has 5 heteroatoms. The maximum atomic E-state index is 12.6. The highest BCUT2D eigenvalue weighted by Crippen LogP contribution is 2.16. The molecule has 0 spiro atoms. The molecule has 1 unspecified atom stereocenters. The Morgan fingerprint density at radius 1 is 1.39 bits per heavy atom. The van der Waals surface area contributed by atoms with E-state index < -0.39 is 0 Å². The van der Waals surface area contributed by atoms with Crippen LogP contribution in [0.2, 0.25) is 0 Å². The molecule has 1 fully saturated rings. The number of ether oxygens (including phenoxy) is 1. The van der Waals surface area contributed by atoms with Crippen LogP contribution in [0.15, 0.2) is 6.07 Å². The first kappa shape index (κ1) is 18.0. The van der Waals surface area contributed by atoms with Crippen molar-refractivity contribution in [3.05, 3.63) is 17.5 Å². The number of aromatic nitrogens is 2. The Balaban J connectivity index is 1.87. The Bertz CT molecular complexity index is 496. The number of amides is 1. The molecule has 0 bridgehead atoms. The molecule has 1 amide bonds. The Hall–Kier alpha value is -1.36. The number of carbonyl (C=O) groups excluding carboxylic acids is 1. The van der Waals surface area contributed by atoms with E-state index in [0.29, 0.717) is 31.3 Å². The molecular formula is C18H31N3O2. The van der Waals surface area contributed by atoms with Crippen molar-refractivity contribution in [2.75, 3.05) is 19.7 Å². The molecule has 1 atom stereocenters. The monoisotopic (exact) mass is 321 g/mol. The van der Waals surface area contributed by atoms with Crippen LogP contribution in [0.1, 0.15) is 63.1 Å². The number of rotatable bonds is 7. The van der Waals surface area contributed by atoms with Crippen molar-refractivity contribution in [1.29, 1.82) is 0 Å². The topological polar surface area (TPSA) is 58.2 Å². The minimum absolute atomic E-state index is 0.0217. The Morgan fingerprint density at radius 3 is 2.87 bits per heavy atom. The molecule has 0 aromatic carbocycles. The zero-order valence-electron chi connectivity index (χ0n) is 15.0. The number of morpholine rings is 1. The number of hydrogen-bond acceptors (Lipinski definition) is 3. The molecule has 2 rings (SSSR count). The molecule has 1 aliphatic heterocycles. The number of H-pyrrole nitrogens is 1. The van der Waals surface area contributed by atoms with Gasteiger partial charge in [0.05, 0.1) is 12.7 Å². The largest absolute Gasteiger partial charge is 0.375 e. The van der Waals surface area contributed by atoms with E-state index in [4.69, 9.17) is 4.74 Å². The van der Waals surface area contributed by atoms with E-state index in [9.17, 15) is 4.79 Å². The van der Waals surface area contributed by atoms with Gasteiger partial charge in [-0.3, -0.25) is 9.89 Å². The first-order valence-corrected chi connectivity index (χ1v) is 8.91. The predicted octanol–water partition coefficient (Wildman–Crippen LogP) is 3.28. The normalized spacial score (nSPS) is 18.9. The maximum Gasteiger partial charge on any atom is 0.274 e. The lowest BCUT2D eigenvalue weighted by Crippen LogP contribution is -2.45. The SMILES string of the molecule is CC(C)CCCC1CN(C(=O)c2cc(CC(C)C)[nH]n2)CCO1. The van der Waals surface area contributed by atoms with Crippen LogP contribution in [0.5, 0.6) is 0 Å². The van der Waals surface area contributed by atoms with E-state index in [-0.39, 0.29) is 12.0 Å². The smallest absolute Gasteiger partial charge is 0.274 e. The molecule has 1 aromatic heterocycles. The Morgan fingerprint density at radius 2 is 2.17 bits per heavy atom. The van der Waals surface area contributed by atoms with Crippen molar-refractivity contribution in [2.24, 2.45) is 11.8 Å². The second-order valence-electron chi connectivity index (χ2n) is 7.45. The average molecular weight is 321 g/mol. The highest BCUT2D eigenvalue weighted by atomic mass is 16.5.